The topological polar surface area (TPSA) is 127 Å². The number of carbonyl (C=O) groups excluding carboxylic acids is 2. The minimum absolute atomic E-state index is 0.0985. The number of carbonyl (C=O) groups is 4. The molecule has 0 saturated heterocycles. The Labute approximate surface area is 244 Å². The number of carboxylic acid groups (broad SMARTS) is 2. The van der Waals surface area contributed by atoms with Crippen LogP contribution in [0.5, 0.6) is 0 Å². The van der Waals surface area contributed by atoms with Crippen molar-refractivity contribution in [1.82, 2.24) is 0 Å². The number of esters is 2. The molecule has 0 saturated carbocycles. The molecule has 0 aliphatic carbocycles. The van der Waals surface area contributed by atoms with Gasteiger partial charge in [0.1, 0.15) is 0 Å². The number of hydrogen-bond acceptors (Lipinski definition) is 6. The van der Waals surface area contributed by atoms with Crippen molar-refractivity contribution in [3.8, 4) is 0 Å². The first-order valence-electron chi connectivity index (χ1n) is 12.4. The molecule has 2 atom stereocenters. The van der Waals surface area contributed by atoms with Crippen LogP contribution in [-0.2, 0) is 28.7 Å². The number of halogens is 12. The molecule has 8 nitrogen and oxygen atoms in total. The third kappa shape index (κ3) is 16.8. The zero-order chi connectivity index (χ0) is 36.3. The fourth-order valence-corrected chi connectivity index (χ4v) is 2.03. The van der Waals surface area contributed by atoms with Crippen LogP contribution in [0, 0.1) is 16.7 Å². The van der Waals surface area contributed by atoms with Crippen molar-refractivity contribution in [2.45, 2.75) is 111 Å². The third-order valence-electron chi connectivity index (χ3n) is 5.98. The average molecular weight is 679 g/mol. The van der Waals surface area contributed by atoms with Crippen LogP contribution in [0.3, 0.4) is 0 Å². The Kier molecular flexibility index (Phi) is 17.5. The van der Waals surface area contributed by atoms with Crippen molar-refractivity contribution in [2.24, 2.45) is 16.7 Å². The van der Waals surface area contributed by atoms with Gasteiger partial charge >= 0.3 is 48.6 Å². The number of carboxylic acids is 2. The van der Waals surface area contributed by atoms with E-state index in [1.165, 1.54) is 20.8 Å². The molecule has 0 aromatic heterocycles. The average Bonchev–Trinajstić information content (AvgIpc) is 2.82. The lowest BCUT2D eigenvalue weighted by molar-refractivity contribution is -0.314. The summed E-state index contributed by atoms with van der Waals surface area (Å²) in [6.07, 6.45) is -31.7. The second kappa shape index (κ2) is 16.9. The van der Waals surface area contributed by atoms with E-state index in [1.54, 1.807) is 13.8 Å². The number of hydrogen-bond donors (Lipinski definition) is 2. The summed E-state index contributed by atoms with van der Waals surface area (Å²) in [5.41, 5.74) is -2.33. The largest absolute Gasteiger partial charge is 0.481 e. The van der Waals surface area contributed by atoms with Crippen LogP contribution in [-0.4, -0.2) is 71.0 Å². The van der Waals surface area contributed by atoms with Gasteiger partial charge in [0.2, 0.25) is 0 Å². The Balaban J connectivity index is -0.000000624. The Morgan fingerprint density at radius 3 is 1.16 bits per heavy atom. The van der Waals surface area contributed by atoms with E-state index in [2.05, 4.69) is 9.47 Å². The zero-order valence-electron chi connectivity index (χ0n) is 24.4. The molecule has 0 aromatic rings. The Morgan fingerprint density at radius 1 is 0.614 bits per heavy atom. The summed E-state index contributed by atoms with van der Waals surface area (Å²) < 4.78 is 151. The van der Waals surface area contributed by atoms with Crippen molar-refractivity contribution in [3.05, 3.63) is 0 Å². The van der Waals surface area contributed by atoms with Crippen LogP contribution < -0.4 is 0 Å². The van der Waals surface area contributed by atoms with Gasteiger partial charge in [0.25, 0.3) is 12.2 Å². The molecule has 0 bridgehead atoms. The molecule has 0 fully saturated rings. The summed E-state index contributed by atoms with van der Waals surface area (Å²) in [6.45, 7) is 10.3. The van der Waals surface area contributed by atoms with E-state index in [4.69, 9.17) is 10.2 Å². The van der Waals surface area contributed by atoms with Crippen LogP contribution >= 0.6 is 0 Å². The maximum absolute atomic E-state index is 12.1. The maximum atomic E-state index is 12.1. The molecule has 0 radical (unpaired) electrons. The second-order valence-electron chi connectivity index (χ2n) is 10.1. The Hall–Kier alpha value is -2.96. The van der Waals surface area contributed by atoms with Gasteiger partial charge in [0.15, 0.2) is 0 Å². The van der Waals surface area contributed by atoms with E-state index in [0.717, 1.165) is 6.92 Å². The maximum Gasteiger partial charge on any atom is 0.434 e. The SMILES string of the molecule is CCC(C)(C)C(=O)O.CCC(C)(CC(=O)OC(C(F)(F)F)C(F)(F)F)C(=O)O.CCC(C)C(=O)OC(C(F)(F)F)C(F)(F)F. The number of rotatable bonds is 10. The molecule has 0 aromatic carbocycles. The van der Waals surface area contributed by atoms with Crippen molar-refractivity contribution in [2.75, 3.05) is 0 Å². The molecule has 20 heteroatoms. The van der Waals surface area contributed by atoms with E-state index in [1.807, 2.05) is 6.92 Å². The quantitative estimate of drug-likeness (QED) is 0.180. The Bertz CT molecular complexity index is 911. The van der Waals surface area contributed by atoms with Crippen molar-refractivity contribution >= 4 is 23.9 Å². The van der Waals surface area contributed by atoms with E-state index in [-0.39, 0.29) is 12.8 Å². The molecular weight excluding hydrogens is 644 g/mol. The van der Waals surface area contributed by atoms with Crippen molar-refractivity contribution in [1.29, 1.82) is 0 Å². The van der Waals surface area contributed by atoms with Gasteiger partial charge in [-0.1, -0.05) is 27.7 Å². The van der Waals surface area contributed by atoms with Gasteiger partial charge in [-0.15, -0.1) is 0 Å². The van der Waals surface area contributed by atoms with Gasteiger partial charge in [-0.25, -0.2) is 0 Å². The summed E-state index contributed by atoms with van der Waals surface area (Å²) in [5, 5.41) is 17.2. The minimum Gasteiger partial charge on any atom is -0.481 e. The standard InChI is InChI=1S/C10H12F6O4.C8H10F6O2.C6H12O2/c1-3-8(2,7(18)19)4-5(17)20-6(9(11,12)13)10(14,15)16;1-3-4(2)5(15)16-6(7(9,10)11)8(12,13)14;1-4-6(2,3)5(7)8/h6H,3-4H2,1-2H3,(H,18,19);4,6H,3H2,1-2H3;4H2,1-3H3,(H,7,8). The van der Waals surface area contributed by atoms with Crippen molar-refractivity contribution in [3.63, 3.8) is 0 Å². The number of aliphatic carboxylic acids is 2. The smallest absolute Gasteiger partial charge is 0.434 e. The normalized spacial score (nSPS) is 14.8. The minimum atomic E-state index is -5.82. The fourth-order valence-electron chi connectivity index (χ4n) is 2.03. The van der Waals surface area contributed by atoms with Gasteiger partial charge < -0.3 is 19.7 Å². The lowest BCUT2D eigenvalue weighted by Gasteiger charge is -2.26. The molecule has 262 valence electrons. The van der Waals surface area contributed by atoms with Gasteiger partial charge in [-0.2, -0.15) is 52.7 Å². The first-order chi connectivity index (χ1) is 19.2. The van der Waals surface area contributed by atoms with Gasteiger partial charge in [0.05, 0.1) is 23.2 Å². The van der Waals surface area contributed by atoms with Crippen molar-refractivity contribution < 1.29 is 91.5 Å². The molecular formula is C24H34F12O8. The first kappa shape index (κ1) is 45.5. The van der Waals surface area contributed by atoms with Crippen LogP contribution in [0.25, 0.3) is 0 Å². The fraction of sp³-hybridized carbons (Fsp3) is 0.833. The highest BCUT2D eigenvalue weighted by Gasteiger charge is 2.61. The lowest BCUT2D eigenvalue weighted by atomic mass is 9.84. The molecule has 44 heavy (non-hydrogen) atoms. The highest BCUT2D eigenvalue weighted by molar-refractivity contribution is 5.82. The van der Waals surface area contributed by atoms with Gasteiger partial charge in [-0.05, 0) is 40.0 Å². The van der Waals surface area contributed by atoms with E-state index >= 15 is 0 Å². The highest BCUT2D eigenvalue weighted by Crippen LogP contribution is 2.38. The first-order valence-corrected chi connectivity index (χ1v) is 12.4. The van der Waals surface area contributed by atoms with E-state index in [9.17, 15) is 71.9 Å². The van der Waals surface area contributed by atoms with E-state index in [0.29, 0.717) is 6.42 Å². The summed E-state index contributed by atoms with van der Waals surface area (Å²) in [6, 6.07) is 0. The van der Waals surface area contributed by atoms with Crippen LogP contribution in [0.4, 0.5) is 52.7 Å². The second-order valence-corrected chi connectivity index (χ2v) is 10.1. The summed E-state index contributed by atoms with van der Waals surface area (Å²) in [5.74, 6) is -6.64. The zero-order valence-corrected chi connectivity index (χ0v) is 24.4. The van der Waals surface area contributed by atoms with Crippen LogP contribution in [0.15, 0.2) is 0 Å². The van der Waals surface area contributed by atoms with Gasteiger partial charge in [0, 0.05) is 0 Å². The lowest BCUT2D eigenvalue weighted by Crippen LogP contribution is -2.46. The van der Waals surface area contributed by atoms with Crippen LogP contribution in [0.2, 0.25) is 0 Å². The highest BCUT2D eigenvalue weighted by atomic mass is 19.4. The number of alkyl halides is 12. The molecule has 2 N–H and O–H groups in total. The molecule has 0 spiro atoms. The molecule has 0 heterocycles. The molecule has 0 aliphatic heterocycles. The Morgan fingerprint density at radius 2 is 0.955 bits per heavy atom. The third-order valence-corrected chi connectivity index (χ3v) is 5.98. The predicted octanol–water partition coefficient (Wildman–Crippen LogP) is 7.49. The monoisotopic (exact) mass is 678 g/mol. The van der Waals surface area contributed by atoms with Gasteiger partial charge in [-0.3, -0.25) is 19.2 Å². The summed E-state index contributed by atoms with van der Waals surface area (Å²) in [7, 11) is 0. The number of ether oxygens (including phenoxy) is 2. The molecule has 0 amide bonds. The molecule has 0 aliphatic rings. The summed E-state index contributed by atoms with van der Waals surface area (Å²) in [4.78, 5) is 43.1. The molecule has 0 rings (SSSR count). The van der Waals surface area contributed by atoms with Crippen LogP contribution in [0.1, 0.15) is 74.1 Å². The molecule has 2 unspecified atom stereocenters. The van der Waals surface area contributed by atoms with E-state index < -0.39 is 84.0 Å². The predicted molar refractivity (Wildman–Crippen MR) is 126 cm³/mol. The summed E-state index contributed by atoms with van der Waals surface area (Å²) >= 11 is 0.